The second kappa shape index (κ2) is 10.5. The van der Waals surface area contributed by atoms with Crippen molar-refractivity contribution >= 4 is 23.3 Å². The fraction of sp³-hybridized carbons (Fsp3) is 0.364. The van der Waals surface area contributed by atoms with Gasteiger partial charge < -0.3 is 20.9 Å². The Balaban J connectivity index is 1.78. The van der Waals surface area contributed by atoms with E-state index < -0.39 is 0 Å². The van der Waals surface area contributed by atoms with E-state index in [-0.39, 0.29) is 11.9 Å². The first-order valence-electron chi connectivity index (χ1n) is 9.49. The lowest BCUT2D eigenvalue weighted by molar-refractivity contribution is -0.116. The summed E-state index contributed by atoms with van der Waals surface area (Å²) in [6.07, 6.45) is 0.485. The van der Waals surface area contributed by atoms with E-state index in [0.717, 1.165) is 17.8 Å². The van der Waals surface area contributed by atoms with Gasteiger partial charge in [-0.25, -0.2) is 4.79 Å². The van der Waals surface area contributed by atoms with E-state index in [1.807, 2.05) is 40.1 Å². The first kappa shape index (κ1) is 21.4. The van der Waals surface area contributed by atoms with Gasteiger partial charge in [0, 0.05) is 30.9 Å². The maximum atomic E-state index is 12.1. The van der Waals surface area contributed by atoms with E-state index in [2.05, 4.69) is 33.0 Å². The van der Waals surface area contributed by atoms with E-state index in [0.29, 0.717) is 24.6 Å². The number of carbonyl (C=O) groups excluding carboxylic acids is 2. The topological polar surface area (TPSA) is 73.5 Å². The van der Waals surface area contributed by atoms with Crippen molar-refractivity contribution in [3.05, 3.63) is 59.7 Å². The van der Waals surface area contributed by atoms with Crippen LogP contribution in [0.15, 0.2) is 48.5 Å². The molecule has 0 atom stereocenters. The first-order valence-corrected chi connectivity index (χ1v) is 9.49. The molecule has 0 aliphatic carbocycles. The number of rotatable bonds is 8. The summed E-state index contributed by atoms with van der Waals surface area (Å²) in [4.78, 5) is 26.0. The van der Waals surface area contributed by atoms with Crippen molar-refractivity contribution in [2.45, 2.75) is 33.4 Å². The van der Waals surface area contributed by atoms with E-state index in [9.17, 15) is 9.59 Å². The van der Waals surface area contributed by atoms with Crippen LogP contribution in [-0.2, 0) is 17.9 Å². The lowest BCUT2D eigenvalue weighted by Crippen LogP contribution is -2.28. The summed E-state index contributed by atoms with van der Waals surface area (Å²) >= 11 is 0. The number of benzene rings is 2. The highest BCUT2D eigenvalue weighted by atomic mass is 16.2. The molecular weight excluding hydrogens is 352 g/mol. The van der Waals surface area contributed by atoms with Crippen molar-refractivity contribution in [1.82, 2.24) is 10.2 Å². The molecule has 0 saturated heterocycles. The van der Waals surface area contributed by atoms with Crippen molar-refractivity contribution in [2.24, 2.45) is 5.92 Å². The third-order valence-electron chi connectivity index (χ3n) is 4.00. The van der Waals surface area contributed by atoms with Gasteiger partial charge in [-0.05, 0) is 55.4 Å². The highest BCUT2D eigenvalue weighted by molar-refractivity contribution is 5.92. The van der Waals surface area contributed by atoms with Gasteiger partial charge in [0.1, 0.15) is 0 Å². The van der Waals surface area contributed by atoms with Crippen LogP contribution in [0.5, 0.6) is 0 Å². The Morgan fingerprint density at radius 3 is 1.93 bits per heavy atom. The van der Waals surface area contributed by atoms with Crippen LogP contribution in [0.2, 0.25) is 0 Å². The van der Waals surface area contributed by atoms with Gasteiger partial charge in [0.25, 0.3) is 0 Å². The van der Waals surface area contributed by atoms with Gasteiger partial charge in [-0.15, -0.1) is 0 Å². The largest absolute Gasteiger partial charge is 0.334 e. The summed E-state index contributed by atoms with van der Waals surface area (Å²) in [6.45, 7) is 5.35. The van der Waals surface area contributed by atoms with Crippen LogP contribution in [-0.4, -0.2) is 30.9 Å². The minimum atomic E-state index is -0.269. The first-order chi connectivity index (χ1) is 13.3. The van der Waals surface area contributed by atoms with Crippen LogP contribution in [0.3, 0.4) is 0 Å². The van der Waals surface area contributed by atoms with E-state index in [1.165, 1.54) is 5.56 Å². The monoisotopic (exact) mass is 382 g/mol. The van der Waals surface area contributed by atoms with Gasteiger partial charge >= 0.3 is 6.03 Å². The lowest BCUT2D eigenvalue weighted by atomic mass is 10.1. The Kier molecular flexibility index (Phi) is 8.02. The molecule has 0 spiro atoms. The molecule has 28 heavy (non-hydrogen) atoms. The zero-order valence-electron chi connectivity index (χ0n) is 17.1. The highest BCUT2D eigenvalue weighted by Crippen LogP contribution is 2.14. The molecule has 0 aliphatic heterocycles. The molecule has 2 rings (SSSR count). The van der Waals surface area contributed by atoms with Gasteiger partial charge in [-0.1, -0.05) is 38.1 Å². The third kappa shape index (κ3) is 7.80. The summed E-state index contributed by atoms with van der Waals surface area (Å²) in [5.41, 5.74) is 3.66. The number of amides is 3. The maximum Gasteiger partial charge on any atom is 0.319 e. The second-order valence-electron chi connectivity index (χ2n) is 7.59. The lowest BCUT2D eigenvalue weighted by Gasteiger charge is -2.11. The SMILES string of the molecule is CC(C)CC(=O)Nc1ccc(NC(=O)NCc2ccc(CN(C)C)cc2)cc1. The van der Waals surface area contributed by atoms with Crippen LogP contribution in [0.25, 0.3) is 0 Å². The Morgan fingerprint density at radius 2 is 1.39 bits per heavy atom. The molecule has 0 unspecified atom stereocenters. The smallest absolute Gasteiger partial charge is 0.319 e. The second-order valence-corrected chi connectivity index (χ2v) is 7.59. The summed E-state index contributed by atoms with van der Waals surface area (Å²) < 4.78 is 0. The van der Waals surface area contributed by atoms with Crippen molar-refractivity contribution in [3.8, 4) is 0 Å². The number of nitrogens with one attached hydrogen (secondary N) is 3. The molecule has 0 radical (unpaired) electrons. The van der Waals surface area contributed by atoms with E-state index >= 15 is 0 Å². The van der Waals surface area contributed by atoms with Crippen LogP contribution in [0, 0.1) is 5.92 Å². The average molecular weight is 383 g/mol. The number of anilines is 2. The van der Waals surface area contributed by atoms with Crippen molar-refractivity contribution in [1.29, 1.82) is 0 Å². The predicted molar refractivity (Wildman–Crippen MR) is 114 cm³/mol. The van der Waals surface area contributed by atoms with Crippen LogP contribution >= 0.6 is 0 Å². The minimum Gasteiger partial charge on any atom is -0.334 e. The highest BCUT2D eigenvalue weighted by Gasteiger charge is 2.06. The third-order valence-corrected chi connectivity index (χ3v) is 4.00. The molecule has 150 valence electrons. The molecule has 2 aromatic carbocycles. The molecule has 0 heterocycles. The van der Waals surface area contributed by atoms with Crippen LogP contribution in [0.1, 0.15) is 31.4 Å². The zero-order valence-corrected chi connectivity index (χ0v) is 17.1. The molecule has 3 N–H and O–H groups in total. The molecule has 3 amide bonds. The Morgan fingerprint density at radius 1 is 0.857 bits per heavy atom. The van der Waals surface area contributed by atoms with Crippen LogP contribution in [0.4, 0.5) is 16.2 Å². The maximum absolute atomic E-state index is 12.1. The molecule has 0 fully saturated rings. The van der Waals surface area contributed by atoms with Crippen molar-refractivity contribution in [2.75, 3.05) is 24.7 Å². The van der Waals surface area contributed by atoms with Gasteiger partial charge in [0.15, 0.2) is 0 Å². The zero-order chi connectivity index (χ0) is 20.5. The van der Waals surface area contributed by atoms with E-state index in [1.54, 1.807) is 24.3 Å². The average Bonchev–Trinajstić information content (AvgIpc) is 2.61. The Labute approximate surface area is 167 Å². The molecule has 0 saturated carbocycles. The van der Waals surface area contributed by atoms with Gasteiger partial charge in [0.05, 0.1) is 0 Å². The van der Waals surface area contributed by atoms with Crippen LogP contribution < -0.4 is 16.0 Å². The van der Waals surface area contributed by atoms with Gasteiger partial charge in [0.2, 0.25) is 5.91 Å². The minimum absolute atomic E-state index is 0.00921. The summed E-state index contributed by atoms with van der Waals surface area (Å²) in [5.74, 6) is 0.305. The number of hydrogen-bond acceptors (Lipinski definition) is 3. The molecule has 6 nitrogen and oxygen atoms in total. The fourth-order valence-electron chi connectivity index (χ4n) is 2.71. The standard InChI is InChI=1S/C22H30N4O2/c1-16(2)13-21(27)24-19-9-11-20(12-10-19)25-22(28)23-14-17-5-7-18(8-6-17)15-26(3)4/h5-12,16H,13-15H2,1-4H3,(H,24,27)(H2,23,25,28). The summed E-state index contributed by atoms with van der Waals surface area (Å²) in [6, 6.07) is 15.0. The summed E-state index contributed by atoms with van der Waals surface area (Å²) in [5, 5.41) is 8.49. The normalized spacial score (nSPS) is 10.8. The van der Waals surface area contributed by atoms with E-state index in [4.69, 9.17) is 0 Å². The molecule has 6 heteroatoms. The van der Waals surface area contributed by atoms with Gasteiger partial charge in [-0.2, -0.15) is 0 Å². The number of carbonyl (C=O) groups is 2. The Hall–Kier alpha value is -2.86. The van der Waals surface area contributed by atoms with Crippen molar-refractivity contribution < 1.29 is 9.59 Å². The quantitative estimate of drug-likeness (QED) is 0.645. The predicted octanol–water partition coefficient (Wildman–Crippen LogP) is 4.05. The number of hydrogen-bond donors (Lipinski definition) is 3. The Bertz CT molecular complexity index is 768. The molecule has 2 aromatic rings. The van der Waals surface area contributed by atoms with Crippen molar-refractivity contribution in [3.63, 3.8) is 0 Å². The summed E-state index contributed by atoms with van der Waals surface area (Å²) in [7, 11) is 4.07. The molecule has 0 bridgehead atoms. The number of nitrogens with zero attached hydrogens (tertiary/aromatic N) is 1. The fourth-order valence-corrected chi connectivity index (χ4v) is 2.71. The molecule has 0 aliphatic rings. The molecular formula is C22H30N4O2. The number of urea groups is 1. The van der Waals surface area contributed by atoms with Gasteiger partial charge in [-0.3, -0.25) is 4.79 Å². The molecule has 0 aromatic heterocycles.